The van der Waals surface area contributed by atoms with E-state index in [2.05, 4.69) is 35.4 Å². The summed E-state index contributed by atoms with van der Waals surface area (Å²) in [5.74, 6) is -0.216. The fourth-order valence-corrected chi connectivity index (χ4v) is 4.74. The third-order valence-corrected chi connectivity index (χ3v) is 6.22. The molecular formula is C27H26N2O. The average molecular weight is 395 g/mol. The van der Waals surface area contributed by atoms with Crippen LogP contribution < -0.4 is 5.32 Å². The summed E-state index contributed by atoms with van der Waals surface area (Å²) in [7, 11) is 0. The number of carbonyl (C=O) groups excluding carboxylic acids is 1. The molecule has 1 aromatic heterocycles. The molecule has 0 radical (unpaired) electrons. The van der Waals surface area contributed by atoms with Gasteiger partial charge in [-0.05, 0) is 48.6 Å². The van der Waals surface area contributed by atoms with E-state index in [0.717, 1.165) is 30.4 Å². The van der Waals surface area contributed by atoms with Crippen molar-refractivity contribution in [2.24, 2.45) is 0 Å². The van der Waals surface area contributed by atoms with E-state index >= 15 is 0 Å². The van der Waals surface area contributed by atoms with Gasteiger partial charge in [0.05, 0.1) is 5.92 Å². The predicted molar refractivity (Wildman–Crippen MR) is 122 cm³/mol. The highest BCUT2D eigenvalue weighted by Gasteiger charge is 2.28. The summed E-state index contributed by atoms with van der Waals surface area (Å²) in [4.78, 5) is 17.0. The standard InChI is InChI=1S/C27H26N2O/c1-18-12-15-24-23(16-18)22-14-13-21(17-25(22)29-24)28-27(30)26(19-8-4-2-5-9-19)20-10-6-3-7-11-20/h2-12,15-16,21,26,29H,13-14,17H2,1H3,(H,28,30). The van der Waals surface area contributed by atoms with Gasteiger partial charge in [-0.15, -0.1) is 0 Å². The van der Waals surface area contributed by atoms with Crippen molar-refractivity contribution >= 4 is 16.8 Å². The highest BCUT2D eigenvalue weighted by Crippen LogP contribution is 2.31. The molecule has 30 heavy (non-hydrogen) atoms. The van der Waals surface area contributed by atoms with E-state index in [1.807, 2.05) is 60.7 Å². The second-order valence-electron chi connectivity index (χ2n) is 8.33. The molecule has 3 nitrogen and oxygen atoms in total. The first-order valence-electron chi connectivity index (χ1n) is 10.7. The molecular weight excluding hydrogens is 368 g/mol. The van der Waals surface area contributed by atoms with Crippen molar-refractivity contribution in [2.75, 3.05) is 0 Å². The van der Waals surface area contributed by atoms with Crippen molar-refractivity contribution < 1.29 is 4.79 Å². The SMILES string of the molecule is Cc1ccc2[nH]c3c(c2c1)CCC(NC(=O)C(c1ccccc1)c1ccccc1)C3. The van der Waals surface area contributed by atoms with Crippen LogP contribution in [0.2, 0.25) is 0 Å². The Kier molecular flexibility index (Phi) is 4.88. The number of benzene rings is 3. The molecule has 1 amide bonds. The molecule has 1 unspecified atom stereocenters. The Balaban J connectivity index is 1.39. The Bertz CT molecular complexity index is 1140. The maximum Gasteiger partial charge on any atom is 0.232 e. The lowest BCUT2D eigenvalue weighted by atomic mass is 9.88. The molecule has 0 saturated carbocycles. The number of carbonyl (C=O) groups is 1. The Morgan fingerprint density at radius 3 is 2.30 bits per heavy atom. The molecule has 0 fully saturated rings. The van der Waals surface area contributed by atoms with Crippen LogP contribution in [-0.2, 0) is 17.6 Å². The topological polar surface area (TPSA) is 44.9 Å². The number of fused-ring (bicyclic) bond motifs is 3. The lowest BCUT2D eigenvalue weighted by molar-refractivity contribution is -0.122. The molecule has 4 aromatic rings. The van der Waals surface area contributed by atoms with Gasteiger partial charge in [-0.25, -0.2) is 0 Å². The summed E-state index contributed by atoms with van der Waals surface area (Å²) < 4.78 is 0. The van der Waals surface area contributed by atoms with Crippen molar-refractivity contribution in [1.82, 2.24) is 10.3 Å². The van der Waals surface area contributed by atoms with Gasteiger partial charge in [-0.2, -0.15) is 0 Å². The quantitative estimate of drug-likeness (QED) is 0.486. The summed E-state index contributed by atoms with van der Waals surface area (Å²) in [6.07, 6.45) is 2.81. The van der Waals surface area contributed by atoms with Gasteiger partial charge in [0.2, 0.25) is 5.91 Å². The first-order valence-corrected chi connectivity index (χ1v) is 10.7. The van der Waals surface area contributed by atoms with Gasteiger partial charge in [-0.3, -0.25) is 4.79 Å². The van der Waals surface area contributed by atoms with Crippen LogP contribution in [-0.4, -0.2) is 16.9 Å². The van der Waals surface area contributed by atoms with Crippen LogP contribution in [0.3, 0.4) is 0 Å². The van der Waals surface area contributed by atoms with Gasteiger partial charge in [0.15, 0.2) is 0 Å². The largest absolute Gasteiger partial charge is 0.358 e. The summed E-state index contributed by atoms with van der Waals surface area (Å²) in [5.41, 5.74) is 7.22. The number of aromatic amines is 1. The monoisotopic (exact) mass is 394 g/mol. The highest BCUT2D eigenvalue weighted by atomic mass is 16.1. The van der Waals surface area contributed by atoms with Gasteiger partial charge >= 0.3 is 0 Å². The third-order valence-electron chi connectivity index (χ3n) is 6.22. The third kappa shape index (κ3) is 3.52. The van der Waals surface area contributed by atoms with Crippen LogP contribution in [0.1, 0.15) is 40.3 Å². The van der Waals surface area contributed by atoms with E-state index in [9.17, 15) is 4.79 Å². The van der Waals surface area contributed by atoms with Gasteiger partial charge in [0.1, 0.15) is 0 Å². The lowest BCUT2D eigenvalue weighted by Crippen LogP contribution is -2.41. The zero-order chi connectivity index (χ0) is 20.5. The van der Waals surface area contributed by atoms with E-state index in [1.54, 1.807) is 0 Å². The number of H-pyrrole nitrogens is 1. The molecule has 1 heterocycles. The first kappa shape index (κ1) is 18.7. The molecule has 3 heteroatoms. The predicted octanol–water partition coefficient (Wildman–Crippen LogP) is 5.28. The molecule has 1 aliphatic rings. The Labute approximate surface area is 177 Å². The van der Waals surface area contributed by atoms with Gasteiger partial charge in [0.25, 0.3) is 0 Å². The Morgan fingerprint density at radius 1 is 0.967 bits per heavy atom. The number of amides is 1. The Hall–Kier alpha value is -3.33. The summed E-state index contributed by atoms with van der Waals surface area (Å²) in [6.45, 7) is 2.14. The number of aryl methyl sites for hydroxylation is 2. The second kappa shape index (κ2) is 7.83. The average Bonchev–Trinajstić information content (AvgIpc) is 3.12. The number of aromatic nitrogens is 1. The van der Waals surface area contributed by atoms with Crippen molar-refractivity contribution in [3.63, 3.8) is 0 Å². The fourth-order valence-electron chi connectivity index (χ4n) is 4.74. The molecule has 5 rings (SSSR count). The van der Waals surface area contributed by atoms with Crippen molar-refractivity contribution in [3.8, 4) is 0 Å². The number of nitrogens with one attached hydrogen (secondary N) is 2. The first-order chi connectivity index (χ1) is 14.7. The molecule has 2 N–H and O–H groups in total. The maximum atomic E-state index is 13.4. The second-order valence-corrected chi connectivity index (χ2v) is 8.33. The molecule has 3 aromatic carbocycles. The summed E-state index contributed by atoms with van der Waals surface area (Å²) >= 11 is 0. The molecule has 150 valence electrons. The minimum Gasteiger partial charge on any atom is -0.358 e. The van der Waals surface area contributed by atoms with Crippen LogP contribution in [0.5, 0.6) is 0 Å². The van der Waals surface area contributed by atoms with Gasteiger partial charge < -0.3 is 10.3 Å². The van der Waals surface area contributed by atoms with Crippen LogP contribution in [0.4, 0.5) is 0 Å². The molecule has 1 atom stereocenters. The number of rotatable bonds is 4. The van der Waals surface area contributed by atoms with E-state index in [0.29, 0.717) is 0 Å². The van der Waals surface area contributed by atoms with Crippen LogP contribution in [0, 0.1) is 6.92 Å². The maximum absolute atomic E-state index is 13.4. The molecule has 1 aliphatic carbocycles. The lowest BCUT2D eigenvalue weighted by Gasteiger charge is -2.26. The smallest absolute Gasteiger partial charge is 0.232 e. The van der Waals surface area contributed by atoms with Crippen molar-refractivity contribution in [3.05, 3.63) is 107 Å². The minimum absolute atomic E-state index is 0.0767. The summed E-state index contributed by atoms with van der Waals surface area (Å²) in [6, 6.07) is 26.8. The zero-order valence-corrected chi connectivity index (χ0v) is 17.2. The van der Waals surface area contributed by atoms with Gasteiger partial charge in [0, 0.05) is 29.1 Å². The van der Waals surface area contributed by atoms with Crippen LogP contribution in [0.25, 0.3) is 10.9 Å². The van der Waals surface area contributed by atoms with E-state index in [4.69, 9.17) is 0 Å². The van der Waals surface area contributed by atoms with E-state index < -0.39 is 0 Å². The number of hydrogen-bond acceptors (Lipinski definition) is 1. The van der Waals surface area contributed by atoms with E-state index in [-0.39, 0.29) is 17.9 Å². The van der Waals surface area contributed by atoms with Crippen molar-refractivity contribution in [1.29, 1.82) is 0 Å². The highest BCUT2D eigenvalue weighted by molar-refractivity contribution is 5.88. The zero-order valence-electron chi connectivity index (χ0n) is 17.2. The van der Waals surface area contributed by atoms with Crippen LogP contribution in [0.15, 0.2) is 78.9 Å². The van der Waals surface area contributed by atoms with E-state index in [1.165, 1.54) is 27.7 Å². The minimum atomic E-state index is -0.292. The normalized spacial score (nSPS) is 15.9. The summed E-state index contributed by atoms with van der Waals surface area (Å²) in [5, 5.41) is 4.69. The van der Waals surface area contributed by atoms with Crippen molar-refractivity contribution in [2.45, 2.75) is 38.1 Å². The fraction of sp³-hybridized carbons (Fsp3) is 0.222. The van der Waals surface area contributed by atoms with Crippen LogP contribution >= 0.6 is 0 Å². The molecule has 0 saturated heterocycles. The van der Waals surface area contributed by atoms with Gasteiger partial charge in [-0.1, -0.05) is 72.3 Å². The molecule has 0 aliphatic heterocycles. The number of hydrogen-bond donors (Lipinski definition) is 2. The Morgan fingerprint density at radius 2 is 1.63 bits per heavy atom. The molecule has 0 spiro atoms. The molecule has 0 bridgehead atoms.